The van der Waals surface area contributed by atoms with Crippen LogP contribution in [-0.4, -0.2) is 64.4 Å². The molecule has 5 rings (SSSR count). The summed E-state index contributed by atoms with van der Waals surface area (Å²) in [4.78, 5) is 49.2. The lowest BCUT2D eigenvalue weighted by atomic mass is 10.1. The number of nitrogens with one attached hydrogen (secondary N) is 2. The monoisotopic (exact) mass is 629 g/mol. The Balaban J connectivity index is 1.17. The van der Waals surface area contributed by atoms with Crippen LogP contribution >= 0.6 is 34.8 Å². The summed E-state index contributed by atoms with van der Waals surface area (Å²) in [5.41, 5.74) is 1.08. The normalized spacial score (nSPS) is 14.4. The molecule has 1 aromatic carbocycles. The summed E-state index contributed by atoms with van der Waals surface area (Å²) in [6, 6.07) is 12.4. The second kappa shape index (κ2) is 13.4. The number of ether oxygens (including phenoxy) is 1. The van der Waals surface area contributed by atoms with E-state index in [1.165, 1.54) is 6.20 Å². The van der Waals surface area contributed by atoms with E-state index in [-0.39, 0.29) is 30.7 Å². The SMILES string of the molecule is O=C(N[C@@H](Cc1ccccn1)C(=O)NCC(=O)N1CCC(Oc2ncc(Cl)cc2Cl)CC1)c1cc2cc(Cl)ccc2o1. The summed E-state index contributed by atoms with van der Waals surface area (Å²) >= 11 is 18.1. The number of nitrogens with zero attached hydrogens (tertiary/aromatic N) is 3. The molecular weight excluding hydrogens is 605 g/mol. The third kappa shape index (κ3) is 7.50. The van der Waals surface area contributed by atoms with Crippen molar-refractivity contribution in [2.45, 2.75) is 31.4 Å². The van der Waals surface area contributed by atoms with E-state index in [0.717, 1.165) is 0 Å². The topological polar surface area (TPSA) is 127 Å². The minimum atomic E-state index is -1.01. The predicted octanol–water partition coefficient (Wildman–Crippen LogP) is 4.71. The lowest BCUT2D eigenvalue weighted by molar-refractivity contribution is -0.134. The van der Waals surface area contributed by atoms with Gasteiger partial charge in [-0.15, -0.1) is 0 Å². The molecule has 1 atom stereocenters. The van der Waals surface area contributed by atoms with Gasteiger partial charge in [-0.1, -0.05) is 40.9 Å². The number of pyridine rings is 2. The predicted molar refractivity (Wildman–Crippen MR) is 158 cm³/mol. The van der Waals surface area contributed by atoms with Crippen molar-refractivity contribution in [3.8, 4) is 5.88 Å². The van der Waals surface area contributed by atoms with E-state index in [4.69, 9.17) is 44.0 Å². The molecule has 13 heteroatoms. The Bertz CT molecular complexity index is 1590. The van der Waals surface area contributed by atoms with Crippen LogP contribution in [0.4, 0.5) is 0 Å². The standard InChI is InChI=1S/C29H26Cl3N5O5/c30-18-4-5-24-17(11-18)12-25(42-24)28(40)36-23(14-20-3-1-2-8-33-20)27(39)34-16-26(38)37-9-6-21(7-10-37)41-29-22(32)13-19(31)15-35-29/h1-5,8,11-13,15,21,23H,6-7,9-10,14,16H2,(H,34,39)(H,36,40)/t23-/m0/s1. The average Bonchev–Trinajstić information content (AvgIpc) is 3.41. The van der Waals surface area contributed by atoms with Gasteiger partial charge in [0.1, 0.15) is 22.8 Å². The number of rotatable bonds is 9. The van der Waals surface area contributed by atoms with Crippen LogP contribution in [0.3, 0.4) is 0 Å². The van der Waals surface area contributed by atoms with Gasteiger partial charge < -0.3 is 24.7 Å². The number of aromatic nitrogens is 2. The van der Waals surface area contributed by atoms with Crippen molar-refractivity contribution >= 4 is 63.5 Å². The van der Waals surface area contributed by atoms with Crippen molar-refractivity contribution in [3.05, 3.63) is 87.4 Å². The van der Waals surface area contributed by atoms with Gasteiger partial charge in [0.15, 0.2) is 5.76 Å². The zero-order valence-corrected chi connectivity index (χ0v) is 24.5. The molecule has 0 spiro atoms. The van der Waals surface area contributed by atoms with Crippen molar-refractivity contribution < 1.29 is 23.5 Å². The first-order valence-electron chi connectivity index (χ1n) is 13.2. The second-order valence-electron chi connectivity index (χ2n) is 9.70. The van der Waals surface area contributed by atoms with Gasteiger partial charge in [-0.25, -0.2) is 4.98 Å². The number of fused-ring (bicyclic) bond motifs is 1. The van der Waals surface area contributed by atoms with Gasteiger partial charge in [0, 0.05) is 60.8 Å². The Labute approximate surface area is 256 Å². The van der Waals surface area contributed by atoms with Crippen molar-refractivity contribution in [2.24, 2.45) is 0 Å². The summed E-state index contributed by atoms with van der Waals surface area (Å²) < 4.78 is 11.5. The molecule has 0 radical (unpaired) electrons. The number of halogens is 3. The summed E-state index contributed by atoms with van der Waals surface area (Å²) in [5, 5.41) is 7.27. The minimum absolute atomic E-state index is 0.0299. The number of piperidine rings is 1. The lowest BCUT2D eigenvalue weighted by Gasteiger charge is -2.32. The molecule has 3 aromatic heterocycles. The number of amides is 3. The average molecular weight is 631 g/mol. The molecule has 4 aromatic rings. The first kappa shape index (κ1) is 29.6. The number of benzene rings is 1. The second-order valence-corrected chi connectivity index (χ2v) is 11.0. The first-order chi connectivity index (χ1) is 20.2. The van der Waals surface area contributed by atoms with Gasteiger partial charge >= 0.3 is 0 Å². The number of likely N-dealkylation sites (tertiary alicyclic amines) is 1. The molecular formula is C29H26Cl3N5O5. The van der Waals surface area contributed by atoms with Crippen molar-refractivity contribution in [2.75, 3.05) is 19.6 Å². The van der Waals surface area contributed by atoms with Crippen molar-refractivity contribution in [1.82, 2.24) is 25.5 Å². The number of hydrogen-bond acceptors (Lipinski definition) is 7. The van der Waals surface area contributed by atoms with Gasteiger partial charge in [0.05, 0.1) is 11.6 Å². The zero-order chi connectivity index (χ0) is 29.6. The Hall–Kier alpha value is -3.86. The summed E-state index contributed by atoms with van der Waals surface area (Å²) in [7, 11) is 0. The lowest BCUT2D eigenvalue weighted by Crippen LogP contribution is -2.51. The number of carbonyl (C=O) groups excluding carboxylic acids is 3. The number of furan rings is 1. The molecule has 218 valence electrons. The third-order valence-corrected chi connectivity index (χ3v) is 7.44. The minimum Gasteiger partial charge on any atom is -0.473 e. The summed E-state index contributed by atoms with van der Waals surface area (Å²) in [5.74, 6) is -1.03. The molecule has 0 bridgehead atoms. The highest BCUT2D eigenvalue weighted by Gasteiger charge is 2.28. The van der Waals surface area contributed by atoms with Gasteiger partial charge in [-0.2, -0.15) is 0 Å². The maximum atomic E-state index is 13.2. The highest BCUT2D eigenvalue weighted by atomic mass is 35.5. The molecule has 0 unspecified atom stereocenters. The van der Waals surface area contributed by atoms with E-state index in [1.54, 1.807) is 59.6 Å². The fraction of sp³-hybridized carbons (Fsp3) is 0.276. The molecule has 1 aliphatic rings. The number of hydrogen-bond donors (Lipinski definition) is 2. The smallest absolute Gasteiger partial charge is 0.287 e. The van der Waals surface area contributed by atoms with E-state index in [2.05, 4.69) is 20.6 Å². The van der Waals surface area contributed by atoms with E-state index >= 15 is 0 Å². The Morgan fingerprint density at radius 2 is 1.83 bits per heavy atom. The fourth-order valence-corrected chi connectivity index (χ4v) is 5.17. The van der Waals surface area contributed by atoms with Gasteiger partial charge in [0.2, 0.25) is 17.7 Å². The van der Waals surface area contributed by atoms with Crippen LogP contribution in [0.2, 0.25) is 15.1 Å². The Morgan fingerprint density at radius 1 is 1.02 bits per heavy atom. The van der Waals surface area contributed by atoms with E-state index < -0.39 is 17.9 Å². The molecule has 3 amide bonds. The van der Waals surface area contributed by atoms with Crippen LogP contribution in [0, 0.1) is 0 Å². The molecule has 1 fully saturated rings. The van der Waals surface area contributed by atoms with Crippen LogP contribution < -0.4 is 15.4 Å². The maximum Gasteiger partial charge on any atom is 0.287 e. The van der Waals surface area contributed by atoms with Crippen LogP contribution in [0.5, 0.6) is 5.88 Å². The Kier molecular flexibility index (Phi) is 9.46. The molecule has 1 aliphatic heterocycles. The first-order valence-corrected chi connectivity index (χ1v) is 14.3. The fourth-order valence-electron chi connectivity index (χ4n) is 4.56. The van der Waals surface area contributed by atoms with Crippen molar-refractivity contribution in [3.63, 3.8) is 0 Å². The molecule has 0 saturated carbocycles. The van der Waals surface area contributed by atoms with Gasteiger partial charge in [-0.05, 0) is 42.5 Å². The largest absolute Gasteiger partial charge is 0.473 e. The molecule has 0 aliphatic carbocycles. The van der Waals surface area contributed by atoms with Gasteiger partial charge in [-0.3, -0.25) is 19.4 Å². The quantitative estimate of drug-likeness (QED) is 0.274. The molecule has 42 heavy (non-hydrogen) atoms. The van der Waals surface area contributed by atoms with Crippen LogP contribution in [-0.2, 0) is 16.0 Å². The van der Waals surface area contributed by atoms with Gasteiger partial charge in [0.25, 0.3) is 5.91 Å². The maximum absolute atomic E-state index is 13.2. The molecule has 2 N–H and O–H groups in total. The molecule has 1 saturated heterocycles. The van der Waals surface area contributed by atoms with Crippen LogP contribution in [0.25, 0.3) is 11.0 Å². The van der Waals surface area contributed by atoms with E-state index in [9.17, 15) is 14.4 Å². The van der Waals surface area contributed by atoms with Crippen molar-refractivity contribution in [1.29, 1.82) is 0 Å². The molecule has 4 heterocycles. The van der Waals surface area contributed by atoms with E-state index in [0.29, 0.717) is 63.5 Å². The zero-order valence-electron chi connectivity index (χ0n) is 22.2. The third-order valence-electron chi connectivity index (χ3n) is 6.72. The Morgan fingerprint density at radius 3 is 2.57 bits per heavy atom. The van der Waals surface area contributed by atoms with Crippen LogP contribution in [0.1, 0.15) is 29.1 Å². The number of carbonyl (C=O) groups is 3. The highest BCUT2D eigenvalue weighted by Crippen LogP contribution is 2.27. The molecule has 10 nitrogen and oxygen atoms in total. The van der Waals surface area contributed by atoms with Crippen LogP contribution in [0.15, 0.2) is 65.3 Å². The van der Waals surface area contributed by atoms with E-state index in [1.807, 2.05) is 0 Å². The highest BCUT2D eigenvalue weighted by molar-refractivity contribution is 6.35. The summed E-state index contributed by atoms with van der Waals surface area (Å²) in [6.07, 6.45) is 4.15. The summed E-state index contributed by atoms with van der Waals surface area (Å²) in [6.45, 7) is 0.649.